The quantitative estimate of drug-likeness (QED) is 0.506. The van der Waals surface area contributed by atoms with Crippen LogP contribution in [-0.4, -0.2) is 40.4 Å². The van der Waals surface area contributed by atoms with Gasteiger partial charge in [0.2, 0.25) is 0 Å². The minimum atomic E-state index is -0.418. The summed E-state index contributed by atoms with van der Waals surface area (Å²) in [6, 6.07) is 12.4. The molecule has 0 saturated carbocycles. The maximum atomic E-state index is 12.4. The van der Waals surface area contributed by atoms with E-state index in [9.17, 15) is 14.9 Å². The number of para-hydroxylation sites is 2. The summed E-state index contributed by atoms with van der Waals surface area (Å²) in [6.45, 7) is 2.01. The maximum Gasteiger partial charge on any atom is 0.293 e. The molecule has 1 saturated heterocycles. The molecule has 8 heteroatoms. The number of fused-ring (bicyclic) bond motifs is 1. The number of carbonyl (C=O) groups excluding carboxylic acids is 1. The lowest BCUT2D eigenvalue weighted by atomic mass is 10.1. The third-order valence-electron chi connectivity index (χ3n) is 4.97. The highest BCUT2D eigenvalue weighted by atomic mass is 16.6. The van der Waals surface area contributed by atoms with E-state index in [2.05, 4.69) is 15.3 Å². The number of carbonyl (C=O) groups is 1. The van der Waals surface area contributed by atoms with E-state index in [1.54, 1.807) is 12.1 Å². The molecule has 1 aliphatic heterocycles. The Kier molecular flexibility index (Phi) is 4.92. The van der Waals surface area contributed by atoms with Gasteiger partial charge in [-0.3, -0.25) is 14.9 Å². The summed E-state index contributed by atoms with van der Waals surface area (Å²) in [5.74, 6) is 0.462. The second kappa shape index (κ2) is 7.67. The Labute approximate surface area is 161 Å². The number of nitrogens with one attached hydrogen (secondary N) is 2. The van der Waals surface area contributed by atoms with Crippen LogP contribution in [0.15, 0.2) is 42.5 Å². The van der Waals surface area contributed by atoms with Crippen LogP contribution in [0.2, 0.25) is 0 Å². The summed E-state index contributed by atoms with van der Waals surface area (Å²) >= 11 is 0. The number of hydrogen-bond acceptors (Lipinski definition) is 5. The number of benzene rings is 2. The number of imidazole rings is 1. The van der Waals surface area contributed by atoms with Crippen LogP contribution < -0.4 is 10.2 Å². The van der Waals surface area contributed by atoms with E-state index in [1.807, 2.05) is 29.2 Å². The van der Waals surface area contributed by atoms with Crippen molar-refractivity contribution in [3.05, 3.63) is 64.0 Å². The highest BCUT2D eigenvalue weighted by Crippen LogP contribution is 2.31. The van der Waals surface area contributed by atoms with Crippen LogP contribution in [-0.2, 0) is 6.42 Å². The van der Waals surface area contributed by atoms with Crippen molar-refractivity contribution < 1.29 is 9.72 Å². The first kappa shape index (κ1) is 18.0. The largest absolute Gasteiger partial charge is 0.366 e. The van der Waals surface area contributed by atoms with Crippen LogP contribution in [0.4, 0.5) is 11.4 Å². The fourth-order valence-electron chi connectivity index (χ4n) is 3.56. The topological polar surface area (TPSA) is 104 Å². The van der Waals surface area contributed by atoms with Crippen LogP contribution >= 0.6 is 0 Å². The van der Waals surface area contributed by atoms with Gasteiger partial charge in [0.05, 0.1) is 16.0 Å². The number of amides is 1. The maximum absolute atomic E-state index is 12.4. The normalized spacial score (nSPS) is 13.8. The molecule has 0 spiro atoms. The number of rotatable bonds is 6. The zero-order chi connectivity index (χ0) is 19.5. The molecular weight excluding hydrogens is 358 g/mol. The van der Waals surface area contributed by atoms with Gasteiger partial charge in [0.25, 0.3) is 11.6 Å². The average Bonchev–Trinajstić information content (AvgIpc) is 3.36. The predicted molar refractivity (Wildman–Crippen MR) is 107 cm³/mol. The van der Waals surface area contributed by atoms with Crippen LogP contribution in [0.25, 0.3) is 11.0 Å². The Bertz CT molecular complexity index is 991. The van der Waals surface area contributed by atoms with Crippen molar-refractivity contribution >= 4 is 28.3 Å². The molecule has 0 bridgehead atoms. The molecule has 0 atom stereocenters. The van der Waals surface area contributed by atoms with Gasteiger partial charge in [-0.15, -0.1) is 0 Å². The number of nitrogens with zero attached hydrogens (tertiary/aromatic N) is 3. The van der Waals surface area contributed by atoms with Crippen LogP contribution in [0, 0.1) is 10.1 Å². The van der Waals surface area contributed by atoms with Crippen molar-refractivity contribution in [2.24, 2.45) is 0 Å². The lowest BCUT2D eigenvalue weighted by Crippen LogP contribution is -2.26. The smallest absolute Gasteiger partial charge is 0.293 e. The molecule has 0 unspecified atom stereocenters. The third kappa shape index (κ3) is 3.66. The van der Waals surface area contributed by atoms with Crippen molar-refractivity contribution in [3.8, 4) is 0 Å². The van der Waals surface area contributed by atoms with Crippen LogP contribution in [0.1, 0.15) is 29.0 Å². The Morgan fingerprint density at radius 3 is 2.75 bits per heavy atom. The number of nitro benzene ring substituents is 1. The Morgan fingerprint density at radius 1 is 1.21 bits per heavy atom. The minimum absolute atomic E-state index is 0.0214. The number of nitro groups is 1. The molecule has 1 aromatic heterocycles. The first-order valence-corrected chi connectivity index (χ1v) is 9.37. The molecular formula is C20H21N5O3. The molecule has 3 aromatic rings. The van der Waals surface area contributed by atoms with Crippen molar-refractivity contribution in [2.45, 2.75) is 19.3 Å². The first-order valence-electron chi connectivity index (χ1n) is 9.37. The van der Waals surface area contributed by atoms with E-state index in [4.69, 9.17) is 0 Å². The zero-order valence-electron chi connectivity index (χ0n) is 15.4. The Hall–Kier alpha value is -3.42. The van der Waals surface area contributed by atoms with Gasteiger partial charge in [-0.25, -0.2) is 4.98 Å². The van der Waals surface area contributed by atoms with Gasteiger partial charge in [0.15, 0.2) is 0 Å². The van der Waals surface area contributed by atoms with Gasteiger partial charge in [-0.1, -0.05) is 12.1 Å². The standard InChI is InChI=1S/C20H21N5O3/c26-20(21-10-9-19-22-15-5-1-2-6-16(15)23-19)14-7-8-17(18(13-14)25(27)28)24-11-3-4-12-24/h1-2,5-8,13H,3-4,9-12H2,(H,21,26)(H,22,23). The van der Waals surface area contributed by atoms with Gasteiger partial charge < -0.3 is 15.2 Å². The van der Waals surface area contributed by atoms with E-state index in [0.29, 0.717) is 24.2 Å². The highest BCUT2D eigenvalue weighted by molar-refractivity contribution is 5.95. The molecule has 1 fully saturated rings. The molecule has 1 amide bonds. The molecule has 1 aliphatic rings. The van der Waals surface area contributed by atoms with Crippen molar-refractivity contribution in [1.29, 1.82) is 0 Å². The number of aromatic nitrogens is 2. The Balaban J connectivity index is 1.42. The van der Waals surface area contributed by atoms with Gasteiger partial charge in [-0.2, -0.15) is 0 Å². The molecule has 0 aliphatic carbocycles. The van der Waals surface area contributed by atoms with Crippen molar-refractivity contribution in [3.63, 3.8) is 0 Å². The molecule has 2 heterocycles. The monoisotopic (exact) mass is 379 g/mol. The number of anilines is 1. The second-order valence-electron chi connectivity index (χ2n) is 6.86. The van der Waals surface area contributed by atoms with Gasteiger partial charge in [0, 0.05) is 37.7 Å². The number of aromatic amines is 1. The summed E-state index contributed by atoms with van der Waals surface area (Å²) in [5, 5.41) is 14.3. The summed E-state index contributed by atoms with van der Waals surface area (Å²) in [4.78, 5) is 33.2. The SMILES string of the molecule is O=C(NCCc1nc2ccccc2[nH]1)c1ccc(N2CCCC2)c([N+](=O)[O-])c1. The summed E-state index contributed by atoms with van der Waals surface area (Å²) < 4.78 is 0. The summed E-state index contributed by atoms with van der Waals surface area (Å²) in [7, 11) is 0. The predicted octanol–water partition coefficient (Wildman–Crippen LogP) is 3.04. The molecule has 28 heavy (non-hydrogen) atoms. The molecule has 0 radical (unpaired) electrons. The van der Waals surface area contributed by atoms with E-state index in [0.717, 1.165) is 42.8 Å². The summed E-state index contributed by atoms with van der Waals surface area (Å²) in [6.07, 6.45) is 2.61. The van der Waals surface area contributed by atoms with E-state index in [-0.39, 0.29) is 11.6 Å². The van der Waals surface area contributed by atoms with Gasteiger partial charge in [0.1, 0.15) is 11.5 Å². The number of H-pyrrole nitrogens is 1. The molecule has 8 nitrogen and oxygen atoms in total. The van der Waals surface area contributed by atoms with Gasteiger partial charge >= 0.3 is 0 Å². The molecule has 2 N–H and O–H groups in total. The van der Waals surface area contributed by atoms with E-state index < -0.39 is 4.92 Å². The summed E-state index contributed by atoms with van der Waals surface area (Å²) in [5.41, 5.74) is 2.70. The molecule has 144 valence electrons. The fraction of sp³-hybridized carbons (Fsp3) is 0.300. The Morgan fingerprint density at radius 2 is 2.00 bits per heavy atom. The van der Waals surface area contributed by atoms with Crippen molar-refractivity contribution in [1.82, 2.24) is 15.3 Å². The van der Waals surface area contributed by atoms with E-state index in [1.165, 1.54) is 6.07 Å². The minimum Gasteiger partial charge on any atom is -0.366 e. The van der Waals surface area contributed by atoms with Gasteiger partial charge in [-0.05, 0) is 37.1 Å². The fourth-order valence-corrected chi connectivity index (χ4v) is 3.56. The number of hydrogen-bond donors (Lipinski definition) is 2. The lowest BCUT2D eigenvalue weighted by molar-refractivity contribution is -0.384. The third-order valence-corrected chi connectivity index (χ3v) is 4.97. The average molecular weight is 379 g/mol. The molecule has 4 rings (SSSR count). The zero-order valence-corrected chi connectivity index (χ0v) is 15.4. The van der Waals surface area contributed by atoms with E-state index >= 15 is 0 Å². The highest BCUT2D eigenvalue weighted by Gasteiger charge is 2.23. The lowest BCUT2D eigenvalue weighted by Gasteiger charge is -2.17. The van der Waals surface area contributed by atoms with Crippen LogP contribution in [0.5, 0.6) is 0 Å². The van der Waals surface area contributed by atoms with Crippen LogP contribution in [0.3, 0.4) is 0 Å². The second-order valence-corrected chi connectivity index (χ2v) is 6.86. The molecule has 2 aromatic carbocycles. The first-order chi connectivity index (χ1) is 13.6. The van der Waals surface area contributed by atoms with Crippen molar-refractivity contribution in [2.75, 3.05) is 24.5 Å².